The molecule has 1 aromatic heterocycles. The summed E-state index contributed by atoms with van der Waals surface area (Å²) < 4.78 is 0. The zero-order chi connectivity index (χ0) is 9.90. The Kier molecular flexibility index (Phi) is 2.60. The van der Waals surface area contributed by atoms with E-state index in [1.165, 1.54) is 6.33 Å². The van der Waals surface area contributed by atoms with Crippen molar-refractivity contribution in [3.63, 3.8) is 0 Å². The van der Waals surface area contributed by atoms with Crippen molar-refractivity contribution in [1.82, 2.24) is 9.97 Å². The van der Waals surface area contributed by atoms with E-state index in [0.29, 0.717) is 0 Å². The molecule has 1 heterocycles. The minimum atomic E-state index is -0.811. The van der Waals surface area contributed by atoms with Gasteiger partial charge in [-0.15, -0.1) is 0 Å². The highest BCUT2D eigenvalue weighted by Crippen LogP contribution is 2.25. The minimum absolute atomic E-state index is 0.0837. The topological polar surface area (TPSA) is 63.1 Å². The summed E-state index contributed by atoms with van der Waals surface area (Å²) in [6, 6.07) is 0. The van der Waals surface area contributed by atoms with Crippen LogP contribution in [-0.2, 0) is 10.2 Å². The molecule has 0 aromatic carbocycles. The van der Waals surface area contributed by atoms with E-state index in [1.807, 2.05) is 13.8 Å². The lowest BCUT2D eigenvalue weighted by Crippen LogP contribution is -2.21. The summed E-state index contributed by atoms with van der Waals surface area (Å²) in [6.07, 6.45) is 4.81. The summed E-state index contributed by atoms with van der Waals surface area (Å²) in [5, 5.41) is 8.67. The van der Waals surface area contributed by atoms with Crippen LogP contribution in [-0.4, -0.2) is 21.0 Å². The molecule has 0 bridgehead atoms. The summed E-state index contributed by atoms with van der Waals surface area (Å²) in [5.74, 6) is -0.811. The number of hydrogen-bond acceptors (Lipinski definition) is 3. The summed E-state index contributed by atoms with van der Waals surface area (Å²) in [7, 11) is 0. The summed E-state index contributed by atoms with van der Waals surface area (Å²) in [5.41, 5.74) is 0.435. The molecular formula is C9H12N2O2. The van der Waals surface area contributed by atoms with Gasteiger partial charge in [0, 0.05) is 17.8 Å². The SMILES string of the molecule is CC(C)(CC(=O)O)c1cncnc1. The molecule has 0 aliphatic carbocycles. The Morgan fingerprint density at radius 2 is 2.00 bits per heavy atom. The van der Waals surface area contributed by atoms with Crippen molar-refractivity contribution in [2.75, 3.05) is 0 Å². The lowest BCUT2D eigenvalue weighted by atomic mass is 9.83. The number of carboxylic acid groups (broad SMARTS) is 1. The number of nitrogens with zero attached hydrogens (tertiary/aromatic N) is 2. The van der Waals surface area contributed by atoms with E-state index in [1.54, 1.807) is 12.4 Å². The molecule has 0 unspecified atom stereocenters. The average Bonchev–Trinajstić information content (AvgIpc) is 2.04. The standard InChI is InChI=1S/C9H12N2O2/c1-9(2,3-8(12)13)7-4-10-6-11-5-7/h4-6H,3H2,1-2H3,(H,12,13). The fourth-order valence-corrected chi connectivity index (χ4v) is 1.13. The van der Waals surface area contributed by atoms with Crippen molar-refractivity contribution >= 4 is 5.97 Å². The van der Waals surface area contributed by atoms with Crippen LogP contribution in [0, 0.1) is 0 Å². The van der Waals surface area contributed by atoms with Crippen LogP contribution in [0.3, 0.4) is 0 Å². The smallest absolute Gasteiger partial charge is 0.304 e. The molecular weight excluding hydrogens is 168 g/mol. The van der Waals surface area contributed by atoms with E-state index < -0.39 is 11.4 Å². The molecule has 0 aliphatic rings. The number of hydrogen-bond donors (Lipinski definition) is 1. The maximum Gasteiger partial charge on any atom is 0.304 e. The zero-order valence-electron chi connectivity index (χ0n) is 7.69. The lowest BCUT2D eigenvalue weighted by molar-refractivity contribution is -0.138. The molecule has 4 nitrogen and oxygen atoms in total. The van der Waals surface area contributed by atoms with Crippen molar-refractivity contribution in [3.8, 4) is 0 Å². The maximum absolute atomic E-state index is 10.5. The van der Waals surface area contributed by atoms with Crippen molar-refractivity contribution < 1.29 is 9.90 Å². The number of aliphatic carboxylic acids is 1. The van der Waals surface area contributed by atoms with Gasteiger partial charge < -0.3 is 5.11 Å². The Bertz CT molecular complexity index is 296. The van der Waals surface area contributed by atoms with Crippen LogP contribution in [0.2, 0.25) is 0 Å². The van der Waals surface area contributed by atoms with Gasteiger partial charge in [-0.25, -0.2) is 9.97 Å². The highest BCUT2D eigenvalue weighted by atomic mass is 16.4. The first kappa shape index (κ1) is 9.64. The average molecular weight is 180 g/mol. The highest BCUT2D eigenvalue weighted by Gasteiger charge is 2.24. The normalized spacial score (nSPS) is 11.2. The number of rotatable bonds is 3. The maximum atomic E-state index is 10.5. The van der Waals surface area contributed by atoms with Crippen molar-refractivity contribution in [1.29, 1.82) is 0 Å². The summed E-state index contributed by atoms with van der Waals surface area (Å²) >= 11 is 0. The van der Waals surface area contributed by atoms with E-state index in [0.717, 1.165) is 5.56 Å². The van der Waals surface area contributed by atoms with Gasteiger partial charge in [0.25, 0.3) is 0 Å². The second-order valence-corrected chi connectivity index (χ2v) is 3.58. The van der Waals surface area contributed by atoms with E-state index >= 15 is 0 Å². The van der Waals surface area contributed by atoms with E-state index in [2.05, 4.69) is 9.97 Å². The fourth-order valence-electron chi connectivity index (χ4n) is 1.13. The quantitative estimate of drug-likeness (QED) is 0.759. The van der Waals surface area contributed by atoms with Gasteiger partial charge in [-0.1, -0.05) is 13.8 Å². The molecule has 1 rings (SSSR count). The molecule has 0 spiro atoms. The summed E-state index contributed by atoms with van der Waals surface area (Å²) in [4.78, 5) is 18.3. The molecule has 0 saturated heterocycles. The third kappa shape index (κ3) is 2.50. The van der Waals surface area contributed by atoms with Crippen LogP contribution in [0.25, 0.3) is 0 Å². The zero-order valence-corrected chi connectivity index (χ0v) is 7.69. The van der Waals surface area contributed by atoms with Gasteiger partial charge in [0.2, 0.25) is 0 Å². The Labute approximate surface area is 76.7 Å². The van der Waals surface area contributed by atoms with E-state index in [4.69, 9.17) is 5.11 Å². The third-order valence-corrected chi connectivity index (χ3v) is 1.94. The Morgan fingerprint density at radius 1 is 1.46 bits per heavy atom. The molecule has 13 heavy (non-hydrogen) atoms. The highest BCUT2D eigenvalue weighted by molar-refractivity contribution is 5.68. The van der Waals surface area contributed by atoms with E-state index in [9.17, 15) is 4.79 Å². The van der Waals surface area contributed by atoms with Gasteiger partial charge in [-0.2, -0.15) is 0 Å². The molecule has 0 saturated carbocycles. The number of carboxylic acids is 1. The van der Waals surface area contributed by atoms with E-state index in [-0.39, 0.29) is 6.42 Å². The molecule has 1 N–H and O–H groups in total. The van der Waals surface area contributed by atoms with Crippen LogP contribution in [0.15, 0.2) is 18.7 Å². The van der Waals surface area contributed by atoms with Gasteiger partial charge in [-0.05, 0) is 5.56 Å². The van der Waals surface area contributed by atoms with Crippen LogP contribution in [0.4, 0.5) is 0 Å². The molecule has 0 fully saturated rings. The second kappa shape index (κ2) is 3.51. The van der Waals surface area contributed by atoms with Gasteiger partial charge in [0.1, 0.15) is 6.33 Å². The van der Waals surface area contributed by atoms with Crippen LogP contribution in [0.5, 0.6) is 0 Å². The first-order valence-corrected chi connectivity index (χ1v) is 3.99. The first-order chi connectivity index (χ1) is 6.02. The number of aromatic nitrogens is 2. The molecule has 0 atom stereocenters. The Balaban J connectivity index is 2.87. The first-order valence-electron chi connectivity index (χ1n) is 3.99. The Hall–Kier alpha value is -1.45. The van der Waals surface area contributed by atoms with Gasteiger partial charge >= 0.3 is 5.97 Å². The van der Waals surface area contributed by atoms with Crippen molar-refractivity contribution in [2.24, 2.45) is 0 Å². The number of carbonyl (C=O) groups is 1. The molecule has 0 amide bonds. The molecule has 0 radical (unpaired) electrons. The predicted octanol–water partition coefficient (Wildman–Crippen LogP) is 1.23. The molecule has 0 aliphatic heterocycles. The van der Waals surface area contributed by atoms with Crippen LogP contribution in [0.1, 0.15) is 25.8 Å². The third-order valence-electron chi connectivity index (χ3n) is 1.94. The van der Waals surface area contributed by atoms with Crippen LogP contribution < -0.4 is 0 Å². The molecule has 70 valence electrons. The monoisotopic (exact) mass is 180 g/mol. The largest absolute Gasteiger partial charge is 0.481 e. The fraction of sp³-hybridized carbons (Fsp3) is 0.444. The van der Waals surface area contributed by atoms with Gasteiger partial charge in [0.05, 0.1) is 6.42 Å². The lowest BCUT2D eigenvalue weighted by Gasteiger charge is -2.21. The summed E-state index contributed by atoms with van der Waals surface area (Å²) in [6.45, 7) is 3.72. The molecule has 1 aromatic rings. The predicted molar refractivity (Wildman–Crippen MR) is 47.3 cm³/mol. The van der Waals surface area contributed by atoms with Crippen molar-refractivity contribution in [3.05, 3.63) is 24.3 Å². The minimum Gasteiger partial charge on any atom is -0.481 e. The van der Waals surface area contributed by atoms with Gasteiger partial charge in [-0.3, -0.25) is 4.79 Å². The second-order valence-electron chi connectivity index (χ2n) is 3.58. The van der Waals surface area contributed by atoms with Crippen LogP contribution >= 0.6 is 0 Å². The van der Waals surface area contributed by atoms with Crippen molar-refractivity contribution in [2.45, 2.75) is 25.7 Å². The Morgan fingerprint density at radius 3 is 2.46 bits per heavy atom. The van der Waals surface area contributed by atoms with Gasteiger partial charge in [0.15, 0.2) is 0 Å². The molecule has 4 heteroatoms.